The molecule has 1 N–H and O–H groups in total. The highest BCUT2D eigenvalue weighted by atomic mass is 16.7. The van der Waals surface area contributed by atoms with E-state index in [1.165, 1.54) is 0 Å². The van der Waals surface area contributed by atoms with Crippen LogP contribution < -0.4 is 9.47 Å². The third kappa shape index (κ3) is 2.69. The van der Waals surface area contributed by atoms with E-state index in [1.54, 1.807) is 24.5 Å². The van der Waals surface area contributed by atoms with Crippen molar-refractivity contribution in [2.75, 3.05) is 13.4 Å². The fraction of sp³-hybridized carbons (Fsp3) is 0.333. The maximum absolute atomic E-state index is 12.1. The summed E-state index contributed by atoms with van der Waals surface area (Å²) >= 11 is 0. The van der Waals surface area contributed by atoms with E-state index in [-0.39, 0.29) is 18.7 Å². The summed E-state index contributed by atoms with van der Waals surface area (Å²) in [5, 5.41) is 10.6. The largest absolute Gasteiger partial charge is 0.465 e. The van der Waals surface area contributed by atoms with E-state index >= 15 is 0 Å². The lowest BCUT2D eigenvalue weighted by Crippen LogP contribution is -2.25. The third-order valence-electron chi connectivity index (χ3n) is 4.54. The molecule has 2 aromatic rings. The van der Waals surface area contributed by atoms with Crippen molar-refractivity contribution in [2.45, 2.75) is 12.5 Å². The van der Waals surface area contributed by atoms with E-state index in [4.69, 9.17) is 14.2 Å². The molecule has 1 fully saturated rings. The fourth-order valence-electron chi connectivity index (χ4n) is 3.29. The smallest absolute Gasteiger partial charge is 0.312 e. The van der Waals surface area contributed by atoms with Gasteiger partial charge >= 0.3 is 5.97 Å². The predicted octanol–water partition coefficient (Wildman–Crippen LogP) is 1.88. The van der Waals surface area contributed by atoms with Crippen molar-refractivity contribution in [3.8, 4) is 11.5 Å². The average molecular weight is 327 g/mol. The number of carbonyl (C=O) groups excluding carboxylic acids is 1. The molecule has 1 aromatic heterocycles. The number of ether oxygens (including phenoxy) is 3. The molecule has 1 aromatic carbocycles. The Balaban J connectivity index is 1.54. The second-order valence-corrected chi connectivity index (χ2v) is 6.03. The number of aromatic nitrogens is 1. The molecule has 4 rings (SSSR count). The van der Waals surface area contributed by atoms with Crippen molar-refractivity contribution in [1.82, 2.24) is 4.98 Å². The third-order valence-corrected chi connectivity index (χ3v) is 4.54. The van der Waals surface area contributed by atoms with Crippen molar-refractivity contribution in [3.05, 3.63) is 53.9 Å². The van der Waals surface area contributed by atoms with Gasteiger partial charge in [0.1, 0.15) is 0 Å². The number of aliphatic hydroxyl groups is 1. The number of aliphatic hydroxyl groups excluding tert-OH is 1. The summed E-state index contributed by atoms with van der Waals surface area (Å²) < 4.78 is 15.9. The average Bonchev–Trinajstić information content (AvgIpc) is 3.21. The number of nitrogens with zero attached hydrogens (tertiary/aromatic N) is 1. The molecule has 1 saturated heterocycles. The van der Waals surface area contributed by atoms with Gasteiger partial charge in [0, 0.05) is 18.3 Å². The Morgan fingerprint density at radius 2 is 1.92 bits per heavy atom. The van der Waals surface area contributed by atoms with Gasteiger partial charge in [0.25, 0.3) is 0 Å². The van der Waals surface area contributed by atoms with Gasteiger partial charge in [-0.25, -0.2) is 0 Å². The van der Waals surface area contributed by atoms with Crippen LogP contribution in [0.5, 0.6) is 11.5 Å². The van der Waals surface area contributed by atoms with Gasteiger partial charge in [0.15, 0.2) is 11.5 Å². The molecule has 0 radical (unpaired) electrons. The zero-order chi connectivity index (χ0) is 16.5. The normalized spacial score (nSPS) is 23.1. The monoisotopic (exact) mass is 327 g/mol. The van der Waals surface area contributed by atoms with E-state index in [0.29, 0.717) is 24.3 Å². The standard InChI is InChI=1S/C18H17NO5/c20-17(12-3-5-19-6-4-12)16-13(9-22-18(16)21)7-11-1-2-14-15(8-11)24-10-23-14/h1-6,8,13,16-17,20H,7,9-10H2/t13-,16-,17-/m0/s1. The van der Waals surface area contributed by atoms with Gasteiger partial charge in [-0.15, -0.1) is 0 Å². The summed E-state index contributed by atoms with van der Waals surface area (Å²) in [6.45, 7) is 0.535. The van der Waals surface area contributed by atoms with Crippen LogP contribution in [0.3, 0.4) is 0 Å². The first-order valence-electron chi connectivity index (χ1n) is 7.85. The van der Waals surface area contributed by atoms with Gasteiger partial charge in [-0.3, -0.25) is 9.78 Å². The Bertz CT molecular complexity index is 748. The molecular formula is C18H17NO5. The van der Waals surface area contributed by atoms with Crippen LogP contribution in [0, 0.1) is 11.8 Å². The lowest BCUT2D eigenvalue weighted by atomic mass is 9.83. The summed E-state index contributed by atoms with van der Waals surface area (Å²) in [5.41, 5.74) is 1.69. The van der Waals surface area contributed by atoms with Gasteiger partial charge in [0.05, 0.1) is 18.6 Å². The molecule has 0 saturated carbocycles. The second kappa shape index (κ2) is 6.13. The van der Waals surface area contributed by atoms with E-state index in [0.717, 1.165) is 11.3 Å². The molecule has 0 bridgehead atoms. The van der Waals surface area contributed by atoms with Crippen molar-refractivity contribution in [2.24, 2.45) is 11.8 Å². The highest BCUT2D eigenvalue weighted by molar-refractivity contribution is 5.75. The van der Waals surface area contributed by atoms with Gasteiger partial charge in [0.2, 0.25) is 6.79 Å². The molecule has 6 nitrogen and oxygen atoms in total. The predicted molar refractivity (Wildman–Crippen MR) is 83.4 cm³/mol. The Hall–Kier alpha value is -2.60. The maximum atomic E-state index is 12.1. The van der Waals surface area contributed by atoms with Crippen LogP contribution in [0.25, 0.3) is 0 Å². The van der Waals surface area contributed by atoms with E-state index in [1.807, 2.05) is 18.2 Å². The van der Waals surface area contributed by atoms with Crippen molar-refractivity contribution >= 4 is 5.97 Å². The summed E-state index contributed by atoms with van der Waals surface area (Å²) in [6, 6.07) is 9.17. The molecule has 3 heterocycles. The number of carbonyl (C=O) groups is 1. The number of hydrogen-bond acceptors (Lipinski definition) is 6. The Labute approximate surface area is 139 Å². The lowest BCUT2D eigenvalue weighted by molar-refractivity contribution is -0.144. The first-order valence-corrected chi connectivity index (χ1v) is 7.85. The molecule has 3 atom stereocenters. The minimum Gasteiger partial charge on any atom is -0.465 e. The molecule has 124 valence electrons. The number of esters is 1. The maximum Gasteiger partial charge on any atom is 0.312 e. The quantitative estimate of drug-likeness (QED) is 0.864. The second-order valence-electron chi connectivity index (χ2n) is 6.03. The Morgan fingerprint density at radius 1 is 1.12 bits per heavy atom. The van der Waals surface area contributed by atoms with Crippen molar-refractivity contribution < 1.29 is 24.1 Å². The summed E-state index contributed by atoms with van der Waals surface area (Å²) in [4.78, 5) is 16.1. The lowest BCUT2D eigenvalue weighted by Gasteiger charge is -2.21. The zero-order valence-electron chi connectivity index (χ0n) is 12.9. The highest BCUT2D eigenvalue weighted by Crippen LogP contribution is 2.38. The van der Waals surface area contributed by atoms with Crippen LogP contribution in [0.2, 0.25) is 0 Å². The van der Waals surface area contributed by atoms with Crippen LogP contribution in [0.1, 0.15) is 17.2 Å². The molecular weight excluding hydrogens is 310 g/mol. The van der Waals surface area contributed by atoms with Crippen LogP contribution in [0.4, 0.5) is 0 Å². The SMILES string of the molecule is O=C1OC[C@H](Cc2ccc3c(c2)OCO3)[C@H]1[C@@H](O)c1ccncc1. The Kier molecular flexibility index (Phi) is 3.82. The Morgan fingerprint density at radius 3 is 2.75 bits per heavy atom. The summed E-state index contributed by atoms with van der Waals surface area (Å²) in [7, 11) is 0. The summed E-state index contributed by atoms with van der Waals surface area (Å²) in [6.07, 6.45) is 2.93. The minimum absolute atomic E-state index is 0.0963. The molecule has 6 heteroatoms. The van der Waals surface area contributed by atoms with Crippen LogP contribution in [0.15, 0.2) is 42.7 Å². The first-order chi connectivity index (χ1) is 11.7. The van der Waals surface area contributed by atoms with Crippen LogP contribution >= 0.6 is 0 Å². The van der Waals surface area contributed by atoms with Gasteiger partial charge in [-0.2, -0.15) is 0 Å². The molecule has 0 spiro atoms. The van der Waals surface area contributed by atoms with E-state index in [9.17, 15) is 9.90 Å². The molecule has 0 aliphatic carbocycles. The van der Waals surface area contributed by atoms with Crippen LogP contribution in [-0.2, 0) is 16.0 Å². The fourth-order valence-corrected chi connectivity index (χ4v) is 3.29. The molecule has 2 aliphatic rings. The number of hydrogen-bond donors (Lipinski definition) is 1. The molecule has 0 unspecified atom stereocenters. The van der Waals surface area contributed by atoms with Gasteiger partial charge < -0.3 is 19.3 Å². The van der Waals surface area contributed by atoms with E-state index in [2.05, 4.69) is 4.98 Å². The minimum atomic E-state index is -0.901. The summed E-state index contributed by atoms with van der Waals surface area (Å²) in [5.74, 6) is 0.402. The molecule has 0 amide bonds. The number of benzene rings is 1. The van der Waals surface area contributed by atoms with Crippen molar-refractivity contribution in [1.29, 1.82) is 0 Å². The van der Waals surface area contributed by atoms with Gasteiger partial charge in [-0.05, 0) is 41.8 Å². The van der Waals surface area contributed by atoms with Crippen LogP contribution in [-0.4, -0.2) is 29.5 Å². The molecule has 24 heavy (non-hydrogen) atoms. The van der Waals surface area contributed by atoms with Gasteiger partial charge in [-0.1, -0.05) is 6.07 Å². The number of pyridine rings is 1. The number of rotatable bonds is 4. The molecule has 2 aliphatic heterocycles. The number of cyclic esters (lactones) is 1. The number of fused-ring (bicyclic) bond motifs is 1. The van der Waals surface area contributed by atoms with Crippen molar-refractivity contribution in [3.63, 3.8) is 0 Å². The zero-order valence-corrected chi connectivity index (χ0v) is 12.9. The topological polar surface area (TPSA) is 77.9 Å². The highest BCUT2D eigenvalue weighted by Gasteiger charge is 2.42. The van der Waals surface area contributed by atoms with E-state index < -0.39 is 12.0 Å². The first kappa shape index (κ1) is 15.0.